The van der Waals surface area contributed by atoms with Crippen LogP contribution in [0.1, 0.15) is 85.2 Å². The minimum Gasteiger partial charge on any atom is -0.493 e. The average molecular weight is 604 g/mol. The fraction of sp³-hybridized carbons (Fsp3) is 0.459. The van der Waals surface area contributed by atoms with E-state index in [1.807, 2.05) is 30.3 Å². The minimum atomic E-state index is 0.214. The first-order valence-corrected chi connectivity index (χ1v) is 16.2. The Bertz CT molecular complexity index is 1360. The molecular weight excluding hydrogens is 558 g/mol. The van der Waals surface area contributed by atoms with Crippen molar-refractivity contribution < 1.29 is 18.9 Å². The van der Waals surface area contributed by atoms with Crippen LogP contribution in [-0.4, -0.2) is 32.3 Å². The Hall–Kier alpha value is -3.15. The Morgan fingerprint density at radius 1 is 0.860 bits per heavy atom. The predicted octanol–water partition coefficient (Wildman–Crippen LogP) is 9.28. The first-order chi connectivity index (χ1) is 21.1. The standard InChI is InChI=1S/C37H46ClNO4/c1-4-5-6-7-8-9-10-11-15-20-42-37-31-25-39-19-18-28-21-34(40-2)35(43-26-27-16-13-12-14-17-27)23-29(28)33(39)22-30(31)32(38)24-36(37)41-3/h4,12-14,16-17,21,23-24,33H,1,5-11,15,18-20,22,25-26H2,2-3H3. The summed E-state index contributed by atoms with van der Waals surface area (Å²) in [5, 5.41) is 0.747. The van der Waals surface area contributed by atoms with Gasteiger partial charge >= 0.3 is 0 Å². The topological polar surface area (TPSA) is 40.2 Å². The zero-order valence-corrected chi connectivity index (χ0v) is 26.6. The number of hydrogen-bond donors (Lipinski definition) is 0. The van der Waals surface area contributed by atoms with Crippen LogP contribution in [0.3, 0.4) is 0 Å². The van der Waals surface area contributed by atoms with Gasteiger partial charge in [0.15, 0.2) is 23.0 Å². The second kappa shape index (κ2) is 15.5. The van der Waals surface area contributed by atoms with E-state index < -0.39 is 0 Å². The van der Waals surface area contributed by atoms with Gasteiger partial charge in [-0.1, -0.05) is 80.1 Å². The molecule has 2 heterocycles. The maximum atomic E-state index is 6.91. The SMILES string of the molecule is C=CCCCCCCCCCOc1c(OC)cc(Cl)c2c1CN1CCc3cc(OC)c(OCc4ccccc4)cc3C1C2. The molecule has 1 atom stereocenters. The van der Waals surface area contributed by atoms with Gasteiger partial charge in [-0.15, -0.1) is 6.58 Å². The Kier molecular flexibility index (Phi) is 11.3. The van der Waals surface area contributed by atoms with Crippen LogP contribution in [-0.2, 0) is 26.0 Å². The molecular formula is C37H46ClNO4. The van der Waals surface area contributed by atoms with Gasteiger partial charge in [0.1, 0.15) is 6.61 Å². The molecule has 3 aromatic carbocycles. The molecule has 0 aromatic heterocycles. The molecule has 0 amide bonds. The van der Waals surface area contributed by atoms with Crippen LogP contribution in [0.15, 0.2) is 61.2 Å². The van der Waals surface area contributed by atoms with Crippen molar-refractivity contribution in [3.05, 3.63) is 94.0 Å². The summed E-state index contributed by atoms with van der Waals surface area (Å²) in [5.41, 5.74) is 6.06. The summed E-state index contributed by atoms with van der Waals surface area (Å²) in [6.07, 6.45) is 13.6. The molecule has 0 bridgehead atoms. The number of ether oxygens (including phenoxy) is 4. The molecule has 0 aliphatic carbocycles. The Balaban J connectivity index is 1.28. The highest BCUT2D eigenvalue weighted by Crippen LogP contribution is 2.48. The predicted molar refractivity (Wildman–Crippen MR) is 175 cm³/mol. The molecule has 0 saturated carbocycles. The summed E-state index contributed by atoms with van der Waals surface area (Å²) < 4.78 is 24.3. The van der Waals surface area contributed by atoms with Crippen LogP contribution >= 0.6 is 11.6 Å². The highest BCUT2D eigenvalue weighted by molar-refractivity contribution is 6.31. The fourth-order valence-electron chi connectivity index (χ4n) is 6.44. The monoisotopic (exact) mass is 603 g/mol. The molecule has 0 saturated heterocycles. The van der Waals surface area contributed by atoms with Crippen molar-refractivity contribution in [2.45, 2.75) is 83.4 Å². The lowest BCUT2D eigenvalue weighted by atomic mass is 9.83. The van der Waals surface area contributed by atoms with E-state index in [1.54, 1.807) is 14.2 Å². The molecule has 3 aromatic rings. The van der Waals surface area contributed by atoms with Crippen LogP contribution in [0, 0.1) is 0 Å². The third-order valence-electron chi connectivity index (χ3n) is 8.82. The number of benzene rings is 3. The van der Waals surface area contributed by atoms with E-state index in [1.165, 1.54) is 55.2 Å². The minimum absolute atomic E-state index is 0.214. The second-order valence-electron chi connectivity index (χ2n) is 11.7. The maximum Gasteiger partial charge on any atom is 0.166 e. The Morgan fingerprint density at radius 3 is 2.35 bits per heavy atom. The van der Waals surface area contributed by atoms with E-state index in [2.05, 4.69) is 35.7 Å². The fourth-order valence-corrected chi connectivity index (χ4v) is 6.73. The number of hydrogen-bond acceptors (Lipinski definition) is 5. The van der Waals surface area contributed by atoms with Crippen LogP contribution in [0.25, 0.3) is 0 Å². The smallest absolute Gasteiger partial charge is 0.166 e. The van der Waals surface area contributed by atoms with E-state index in [-0.39, 0.29) is 6.04 Å². The maximum absolute atomic E-state index is 6.91. The molecule has 5 nitrogen and oxygen atoms in total. The molecule has 230 valence electrons. The second-order valence-corrected chi connectivity index (χ2v) is 12.1. The summed E-state index contributed by atoms with van der Waals surface area (Å²) in [6, 6.07) is 16.7. The molecule has 0 radical (unpaired) electrons. The number of unbranched alkanes of at least 4 members (excludes halogenated alkanes) is 7. The first kappa shape index (κ1) is 31.3. The Labute approximate surface area is 262 Å². The summed E-state index contributed by atoms with van der Waals surface area (Å²) in [7, 11) is 3.41. The van der Waals surface area contributed by atoms with Crippen LogP contribution in [0.4, 0.5) is 0 Å². The molecule has 43 heavy (non-hydrogen) atoms. The lowest BCUT2D eigenvalue weighted by Crippen LogP contribution is -2.39. The molecule has 2 aliphatic heterocycles. The van der Waals surface area contributed by atoms with Gasteiger partial charge in [-0.05, 0) is 66.5 Å². The first-order valence-electron chi connectivity index (χ1n) is 15.9. The van der Waals surface area contributed by atoms with Crippen molar-refractivity contribution >= 4 is 11.6 Å². The summed E-state index contributed by atoms with van der Waals surface area (Å²) >= 11 is 6.91. The molecule has 1 unspecified atom stereocenters. The van der Waals surface area contributed by atoms with Crippen molar-refractivity contribution in [2.24, 2.45) is 0 Å². The van der Waals surface area contributed by atoms with Gasteiger partial charge in [0, 0.05) is 35.8 Å². The number of fused-ring (bicyclic) bond motifs is 4. The lowest BCUT2D eigenvalue weighted by molar-refractivity contribution is 0.155. The van der Waals surface area contributed by atoms with Gasteiger partial charge in [-0.25, -0.2) is 0 Å². The van der Waals surface area contributed by atoms with Gasteiger partial charge in [-0.2, -0.15) is 0 Å². The largest absolute Gasteiger partial charge is 0.493 e. The van der Waals surface area contributed by atoms with E-state index in [0.29, 0.717) is 13.2 Å². The normalized spacial score (nSPS) is 15.7. The highest BCUT2D eigenvalue weighted by Gasteiger charge is 2.36. The molecule has 6 heteroatoms. The number of nitrogens with zero attached hydrogens (tertiary/aromatic N) is 1. The zero-order chi connectivity index (χ0) is 30.0. The van der Waals surface area contributed by atoms with E-state index >= 15 is 0 Å². The number of rotatable bonds is 16. The van der Waals surface area contributed by atoms with Crippen LogP contribution in [0.5, 0.6) is 23.0 Å². The highest BCUT2D eigenvalue weighted by atomic mass is 35.5. The van der Waals surface area contributed by atoms with Crippen molar-refractivity contribution in [3.63, 3.8) is 0 Å². The lowest BCUT2D eigenvalue weighted by Gasteiger charge is -2.42. The zero-order valence-electron chi connectivity index (χ0n) is 25.8. The quantitative estimate of drug-likeness (QED) is 0.120. The van der Waals surface area contributed by atoms with Gasteiger partial charge < -0.3 is 18.9 Å². The molecule has 0 spiro atoms. The third kappa shape index (κ3) is 7.69. The Morgan fingerprint density at radius 2 is 1.60 bits per heavy atom. The molecule has 5 rings (SSSR count). The van der Waals surface area contributed by atoms with E-state index in [0.717, 1.165) is 77.9 Å². The van der Waals surface area contributed by atoms with Crippen molar-refractivity contribution in [2.75, 3.05) is 27.4 Å². The van der Waals surface area contributed by atoms with Crippen LogP contribution in [0.2, 0.25) is 5.02 Å². The number of halogens is 1. The van der Waals surface area contributed by atoms with Gasteiger partial charge in [0.2, 0.25) is 0 Å². The van der Waals surface area contributed by atoms with Crippen molar-refractivity contribution in [1.82, 2.24) is 4.90 Å². The van der Waals surface area contributed by atoms with Gasteiger partial charge in [0.05, 0.1) is 20.8 Å². The molecule has 0 fully saturated rings. The molecule has 0 N–H and O–H groups in total. The van der Waals surface area contributed by atoms with Crippen LogP contribution < -0.4 is 18.9 Å². The third-order valence-corrected chi connectivity index (χ3v) is 9.15. The average Bonchev–Trinajstić information content (AvgIpc) is 3.04. The number of allylic oxidation sites excluding steroid dienone is 1. The molecule has 2 aliphatic rings. The van der Waals surface area contributed by atoms with E-state index in [9.17, 15) is 0 Å². The summed E-state index contributed by atoms with van der Waals surface area (Å²) in [5.74, 6) is 3.14. The van der Waals surface area contributed by atoms with Gasteiger partial charge in [0.25, 0.3) is 0 Å². The summed E-state index contributed by atoms with van der Waals surface area (Å²) in [6.45, 7) is 6.74. The van der Waals surface area contributed by atoms with Crippen molar-refractivity contribution in [3.8, 4) is 23.0 Å². The number of methoxy groups -OCH3 is 2. The van der Waals surface area contributed by atoms with Gasteiger partial charge in [-0.3, -0.25) is 4.90 Å². The van der Waals surface area contributed by atoms with E-state index in [4.69, 9.17) is 30.5 Å². The summed E-state index contributed by atoms with van der Waals surface area (Å²) in [4.78, 5) is 2.55. The van der Waals surface area contributed by atoms with Crippen molar-refractivity contribution in [1.29, 1.82) is 0 Å².